The summed E-state index contributed by atoms with van der Waals surface area (Å²) in [4.78, 5) is 12.7. The van der Waals surface area contributed by atoms with Crippen molar-refractivity contribution in [2.24, 2.45) is 0 Å². The van der Waals surface area contributed by atoms with Crippen LogP contribution in [0.4, 0.5) is 8.78 Å². The maximum atomic E-state index is 13.8. The summed E-state index contributed by atoms with van der Waals surface area (Å²) in [5.74, 6) is -4.65. The monoisotopic (exact) mass is 242 g/mol. The first-order valence-electron chi connectivity index (χ1n) is 5.33. The average molecular weight is 242 g/mol. The van der Waals surface area contributed by atoms with Gasteiger partial charge in [0.2, 0.25) is 0 Å². The smallest absolute Gasteiger partial charge is 0.339 e. The summed E-state index contributed by atoms with van der Waals surface area (Å²) in [5, 5.41) is 2.81. The average Bonchev–Trinajstić information content (AvgIpc) is 2.36. The number of benzene rings is 1. The zero-order valence-corrected chi connectivity index (χ0v) is 9.91. The van der Waals surface area contributed by atoms with Crippen LogP contribution in [0, 0.1) is 0 Å². The van der Waals surface area contributed by atoms with Crippen LogP contribution < -0.4 is 5.32 Å². The fourth-order valence-corrected chi connectivity index (χ4v) is 1.39. The van der Waals surface area contributed by atoms with Gasteiger partial charge < -0.3 is 10.2 Å². The van der Waals surface area contributed by atoms with E-state index in [-0.39, 0.29) is 12.1 Å². The molecular formula is C12H16F2N2O. The minimum atomic E-state index is -3.47. The largest absolute Gasteiger partial charge is 0.349 e. The number of amides is 1. The molecule has 94 valence electrons. The summed E-state index contributed by atoms with van der Waals surface area (Å²) in [7, 11) is 3.07. The van der Waals surface area contributed by atoms with Gasteiger partial charge in [0.25, 0.3) is 5.91 Å². The third-order valence-corrected chi connectivity index (χ3v) is 2.45. The number of rotatable bonds is 5. The number of halogens is 2. The molecule has 1 amide bonds. The predicted octanol–water partition coefficient (Wildman–Crippen LogP) is 1.46. The molecule has 0 saturated heterocycles. The molecule has 0 fully saturated rings. The lowest BCUT2D eigenvalue weighted by Crippen LogP contribution is -2.42. The molecule has 0 bridgehead atoms. The zero-order chi connectivity index (χ0) is 12.9. The molecule has 0 aliphatic rings. The Morgan fingerprint density at radius 2 is 1.94 bits per heavy atom. The summed E-state index contributed by atoms with van der Waals surface area (Å²) in [6.07, 6.45) is 0. The minimum absolute atomic E-state index is 0.248. The van der Waals surface area contributed by atoms with Crippen LogP contribution in [0.5, 0.6) is 0 Å². The third kappa shape index (κ3) is 3.23. The summed E-state index contributed by atoms with van der Waals surface area (Å²) in [6, 6.07) is 7.12. The van der Waals surface area contributed by atoms with Crippen molar-refractivity contribution in [3.8, 4) is 0 Å². The number of carbonyl (C=O) groups excluding carboxylic acids is 1. The summed E-state index contributed by atoms with van der Waals surface area (Å²) >= 11 is 0. The highest BCUT2D eigenvalue weighted by molar-refractivity contribution is 5.84. The Labute approximate surface area is 99.4 Å². The first-order valence-corrected chi connectivity index (χ1v) is 5.33. The number of hydrogen-bond acceptors (Lipinski definition) is 2. The molecule has 5 heteroatoms. The van der Waals surface area contributed by atoms with Gasteiger partial charge in [0.15, 0.2) is 0 Å². The van der Waals surface area contributed by atoms with E-state index in [1.165, 1.54) is 31.3 Å². The van der Waals surface area contributed by atoms with E-state index in [4.69, 9.17) is 0 Å². The van der Waals surface area contributed by atoms with Crippen LogP contribution in [-0.2, 0) is 10.7 Å². The maximum Gasteiger partial charge on any atom is 0.349 e. The van der Waals surface area contributed by atoms with Gasteiger partial charge >= 0.3 is 5.92 Å². The second kappa shape index (κ2) is 5.72. The Hall–Kier alpha value is -1.49. The van der Waals surface area contributed by atoms with Crippen molar-refractivity contribution in [1.29, 1.82) is 0 Å². The fourth-order valence-electron chi connectivity index (χ4n) is 1.39. The molecular weight excluding hydrogens is 226 g/mol. The van der Waals surface area contributed by atoms with Crippen LogP contribution in [0.2, 0.25) is 0 Å². The van der Waals surface area contributed by atoms with E-state index in [0.29, 0.717) is 6.54 Å². The fraction of sp³-hybridized carbons (Fsp3) is 0.417. The minimum Gasteiger partial charge on any atom is -0.339 e. The van der Waals surface area contributed by atoms with Crippen LogP contribution in [0.1, 0.15) is 5.56 Å². The summed E-state index contributed by atoms with van der Waals surface area (Å²) < 4.78 is 27.6. The topological polar surface area (TPSA) is 32.3 Å². The number of likely N-dealkylation sites (N-methyl/N-ethyl adjacent to an activating group) is 2. The number of nitrogens with one attached hydrogen (secondary N) is 1. The molecule has 1 aromatic carbocycles. The number of alkyl halides is 2. The lowest BCUT2D eigenvalue weighted by molar-refractivity contribution is -0.157. The highest BCUT2D eigenvalue weighted by atomic mass is 19.3. The molecule has 0 aliphatic carbocycles. The van der Waals surface area contributed by atoms with Crippen LogP contribution in [0.25, 0.3) is 0 Å². The zero-order valence-electron chi connectivity index (χ0n) is 9.91. The Balaban J connectivity index is 2.80. The molecule has 0 radical (unpaired) electrons. The first-order chi connectivity index (χ1) is 8.00. The molecule has 0 saturated carbocycles. The van der Waals surface area contributed by atoms with Crippen molar-refractivity contribution in [1.82, 2.24) is 10.2 Å². The number of carbonyl (C=O) groups is 1. The molecule has 0 atom stereocenters. The van der Waals surface area contributed by atoms with Gasteiger partial charge in [-0.3, -0.25) is 4.79 Å². The SMILES string of the molecule is CNCCN(C)C(=O)C(F)(F)c1ccccc1. The second-order valence-corrected chi connectivity index (χ2v) is 3.77. The molecule has 0 heterocycles. The normalized spacial score (nSPS) is 11.3. The Morgan fingerprint density at radius 1 is 1.35 bits per heavy atom. The van der Waals surface area contributed by atoms with Gasteiger partial charge in [-0.15, -0.1) is 0 Å². The molecule has 0 spiro atoms. The molecule has 3 nitrogen and oxygen atoms in total. The lowest BCUT2D eigenvalue weighted by atomic mass is 10.1. The van der Waals surface area contributed by atoms with Crippen LogP contribution in [0.15, 0.2) is 30.3 Å². The van der Waals surface area contributed by atoms with Crippen LogP contribution in [0.3, 0.4) is 0 Å². The van der Waals surface area contributed by atoms with Crippen molar-refractivity contribution < 1.29 is 13.6 Å². The Kier molecular flexibility index (Phi) is 4.57. The van der Waals surface area contributed by atoms with Gasteiger partial charge in [0, 0.05) is 25.7 Å². The molecule has 1 N–H and O–H groups in total. The van der Waals surface area contributed by atoms with E-state index < -0.39 is 11.8 Å². The van der Waals surface area contributed by atoms with Gasteiger partial charge in [-0.2, -0.15) is 8.78 Å². The Morgan fingerprint density at radius 3 is 2.47 bits per heavy atom. The van der Waals surface area contributed by atoms with Crippen molar-refractivity contribution in [3.63, 3.8) is 0 Å². The van der Waals surface area contributed by atoms with E-state index in [2.05, 4.69) is 5.32 Å². The quantitative estimate of drug-likeness (QED) is 0.847. The standard InChI is InChI=1S/C12H16F2N2O/c1-15-8-9-16(2)11(17)12(13,14)10-6-4-3-5-7-10/h3-7,15H,8-9H2,1-2H3. The summed E-state index contributed by atoms with van der Waals surface area (Å²) in [5.41, 5.74) is -0.277. The highest BCUT2D eigenvalue weighted by Gasteiger charge is 2.42. The van der Waals surface area contributed by atoms with Gasteiger partial charge in [0.1, 0.15) is 0 Å². The first kappa shape index (κ1) is 13.6. The van der Waals surface area contributed by atoms with Gasteiger partial charge in [-0.05, 0) is 7.05 Å². The molecule has 0 aromatic heterocycles. The Bertz CT molecular complexity index is 368. The number of hydrogen-bond donors (Lipinski definition) is 1. The third-order valence-electron chi connectivity index (χ3n) is 2.45. The highest BCUT2D eigenvalue weighted by Crippen LogP contribution is 2.29. The van der Waals surface area contributed by atoms with Crippen LogP contribution >= 0.6 is 0 Å². The van der Waals surface area contributed by atoms with Crippen molar-refractivity contribution in [2.75, 3.05) is 27.2 Å². The van der Waals surface area contributed by atoms with E-state index >= 15 is 0 Å². The number of nitrogens with zero attached hydrogens (tertiary/aromatic N) is 1. The predicted molar refractivity (Wildman–Crippen MR) is 61.9 cm³/mol. The van der Waals surface area contributed by atoms with E-state index in [1.54, 1.807) is 13.1 Å². The van der Waals surface area contributed by atoms with Crippen molar-refractivity contribution in [2.45, 2.75) is 5.92 Å². The molecule has 0 unspecified atom stereocenters. The van der Waals surface area contributed by atoms with Crippen molar-refractivity contribution >= 4 is 5.91 Å². The molecule has 1 aromatic rings. The molecule has 17 heavy (non-hydrogen) atoms. The van der Waals surface area contributed by atoms with Gasteiger partial charge in [-0.25, -0.2) is 0 Å². The summed E-state index contributed by atoms with van der Waals surface area (Å²) in [6.45, 7) is 0.727. The van der Waals surface area contributed by atoms with E-state index in [0.717, 1.165) is 4.90 Å². The maximum absolute atomic E-state index is 13.8. The lowest BCUT2D eigenvalue weighted by Gasteiger charge is -2.23. The molecule has 1 rings (SSSR count). The van der Waals surface area contributed by atoms with E-state index in [1.807, 2.05) is 0 Å². The van der Waals surface area contributed by atoms with Crippen LogP contribution in [-0.4, -0.2) is 38.0 Å². The second-order valence-electron chi connectivity index (χ2n) is 3.77. The van der Waals surface area contributed by atoms with Crippen molar-refractivity contribution in [3.05, 3.63) is 35.9 Å². The van der Waals surface area contributed by atoms with Gasteiger partial charge in [-0.1, -0.05) is 30.3 Å². The van der Waals surface area contributed by atoms with E-state index in [9.17, 15) is 13.6 Å². The molecule has 0 aliphatic heterocycles. The van der Waals surface area contributed by atoms with Gasteiger partial charge in [0.05, 0.1) is 0 Å².